The minimum Gasteiger partial charge on any atom is -0.463 e. The van der Waals surface area contributed by atoms with Crippen molar-refractivity contribution in [2.24, 2.45) is 0 Å². The average Bonchev–Trinajstić information content (AvgIpc) is 3.44. The third kappa shape index (κ3) is 58.3. The van der Waals surface area contributed by atoms with Crippen LogP contribution in [0.1, 0.15) is 239 Å². The topological polar surface area (TPSA) is 231 Å². The van der Waals surface area contributed by atoms with Crippen LogP contribution in [-0.2, 0) is 55.8 Å². The zero-order valence-corrected chi connectivity index (χ0v) is 52.0. The number of carbonyl (C=O) groups excluding carboxylic acids is 3. The van der Waals surface area contributed by atoms with Crippen molar-refractivity contribution in [1.82, 2.24) is 0 Å². The number of aliphatic hydroxyl groups excluding tert-OH is 2. The Bertz CT molecular complexity index is 1830. The van der Waals surface area contributed by atoms with E-state index in [9.17, 15) is 43.5 Å². The van der Waals surface area contributed by atoms with Crippen LogP contribution in [0, 0.1) is 0 Å². The highest BCUT2D eigenvalue weighted by molar-refractivity contribution is 7.47. The van der Waals surface area contributed by atoms with Gasteiger partial charge in [0.05, 0.1) is 26.4 Å². The first kappa shape index (κ1) is 77.7. The van der Waals surface area contributed by atoms with Gasteiger partial charge >= 0.3 is 33.6 Å². The van der Waals surface area contributed by atoms with Gasteiger partial charge < -0.3 is 34.2 Å². The van der Waals surface area contributed by atoms with Gasteiger partial charge in [0, 0.05) is 19.3 Å². The first-order chi connectivity index (χ1) is 39.2. The molecular formula is C63H110O16P2. The second kappa shape index (κ2) is 57.2. The first-order valence-electron chi connectivity index (χ1n) is 30.9. The molecule has 18 heteroatoms. The number of phosphoric ester groups is 2. The summed E-state index contributed by atoms with van der Waals surface area (Å²) in [5, 5.41) is 20.5. The lowest BCUT2D eigenvalue weighted by Crippen LogP contribution is -2.30. The number of rotatable bonds is 58. The summed E-state index contributed by atoms with van der Waals surface area (Å²) in [6.07, 6.45) is 57.9. The number of esters is 3. The zero-order chi connectivity index (χ0) is 59.6. The van der Waals surface area contributed by atoms with Gasteiger partial charge in [0.25, 0.3) is 0 Å². The number of allylic oxidation sites excluding steroid dienone is 14. The summed E-state index contributed by atoms with van der Waals surface area (Å²) in [5.74, 6) is -1.62. The lowest BCUT2D eigenvalue weighted by molar-refractivity contribution is -0.161. The van der Waals surface area contributed by atoms with E-state index < -0.39 is 91.5 Å². The number of hydrogen-bond acceptors (Lipinski definition) is 14. The Morgan fingerprint density at radius 1 is 0.358 bits per heavy atom. The smallest absolute Gasteiger partial charge is 0.463 e. The number of phosphoric acid groups is 2. The molecule has 0 heterocycles. The maximum atomic E-state index is 12.8. The molecule has 0 aromatic carbocycles. The van der Waals surface area contributed by atoms with Crippen molar-refractivity contribution >= 4 is 33.6 Å². The molecule has 0 bridgehead atoms. The molecule has 0 radical (unpaired) electrons. The Morgan fingerprint density at radius 2 is 0.654 bits per heavy atom. The molecular weight excluding hydrogens is 1070 g/mol. The van der Waals surface area contributed by atoms with Gasteiger partial charge in [0.2, 0.25) is 0 Å². The van der Waals surface area contributed by atoms with Crippen LogP contribution in [0.2, 0.25) is 0 Å². The standard InChI is InChI=1S/C63H110O16P2/c1-4-7-10-13-16-19-22-24-26-27-28-29-31-33-35-37-40-43-46-49-61(66)73-52-58(64)53-75-80(69,70)76-54-59(65)55-77-81(71,72)78-57-60(79-63(68)51-48-45-42-39-34-21-18-15-12-9-6-3)56-74-62(67)50-47-44-41-38-36-32-30-25-23-20-17-14-11-8-5-2/h7,10,16-17,19-20,24-26,28-30,33,35,58-60,64-65H,4-6,8-9,11-15,18,21-23,27,31-32,34,36-57H2,1-3H3,(H,69,70)(H,71,72)/b10-7-,19-16-,20-17-,26-24-,29-28-,30-25-,35-33-. The van der Waals surface area contributed by atoms with Crippen LogP contribution in [0.4, 0.5) is 0 Å². The average molecular weight is 1190 g/mol. The van der Waals surface area contributed by atoms with Gasteiger partial charge in [-0.25, -0.2) is 9.13 Å². The number of aliphatic hydroxyl groups is 2. The fourth-order valence-electron chi connectivity index (χ4n) is 7.86. The molecule has 0 rings (SSSR count). The van der Waals surface area contributed by atoms with E-state index in [0.29, 0.717) is 19.3 Å². The van der Waals surface area contributed by atoms with E-state index in [1.54, 1.807) is 0 Å². The van der Waals surface area contributed by atoms with Crippen LogP contribution in [0.15, 0.2) is 85.1 Å². The minimum absolute atomic E-state index is 0.103. The third-order valence-electron chi connectivity index (χ3n) is 12.6. The SMILES string of the molecule is CC/C=C\C/C=C\C/C=C\C/C=C\C/C=C\CCCCCC(=O)OCC(O)COP(=O)(O)OCC(O)COP(=O)(O)OCC(COC(=O)CCCCCCC/C=C\C/C=C\CCCCC)OC(=O)CCCCCCCCCCCCC. The van der Waals surface area contributed by atoms with Crippen molar-refractivity contribution in [3.63, 3.8) is 0 Å². The molecule has 468 valence electrons. The Labute approximate surface area is 489 Å². The van der Waals surface area contributed by atoms with Crippen LogP contribution >= 0.6 is 15.6 Å². The summed E-state index contributed by atoms with van der Waals surface area (Å²) < 4.78 is 60.6. The molecule has 0 aliphatic heterocycles. The Kier molecular flexibility index (Phi) is 54.9. The summed E-state index contributed by atoms with van der Waals surface area (Å²) >= 11 is 0. The monoisotopic (exact) mass is 1180 g/mol. The quantitative estimate of drug-likeness (QED) is 0.0146. The Morgan fingerprint density at radius 3 is 1.07 bits per heavy atom. The van der Waals surface area contributed by atoms with Crippen LogP contribution in [0.25, 0.3) is 0 Å². The molecule has 0 spiro atoms. The molecule has 0 fully saturated rings. The van der Waals surface area contributed by atoms with E-state index in [-0.39, 0.29) is 19.3 Å². The molecule has 0 aliphatic rings. The number of unbranched alkanes of at least 4 members (excludes halogenated alkanes) is 21. The number of hydrogen-bond donors (Lipinski definition) is 4. The molecule has 0 amide bonds. The van der Waals surface area contributed by atoms with E-state index >= 15 is 0 Å². The predicted molar refractivity (Wildman–Crippen MR) is 325 cm³/mol. The highest BCUT2D eigenvalue weighted by Crippen LogP contribution is 2.45. The molecule has 0 aromatic heterocycles. The summed E-state index contributed by atoms with van der Waals surface area (Å²) in [6.45, 7) is 2.44. The molecule has 5 atom stereocenters. The zero-order valence-electron chi connectivity index (χ0n) is 50.2. The fraction of sp³-hybridized carbons (Fsp3) is 0.730. The van der Waals surface area contributed by atoms with Gasteiger partial charge in [-0.15, -0.1) is 0 Å². The van der Waals surface area contributed by atoms with E-state index in [1.807, 2.05) is 0 Å². The maximum absolute atomic E-state index is 12.8. The van der Waals surface area contributed by atoms with Crippen molar-refractivity contribution in [3.05, 3.63) is 85.1 Å². The predicted octanol–water partition coefficient (Wildman–Crippen LogP) is 16.2. The summed E-state index contributed by atoms with van der Waals surface area (Å²) in [4.78, 5) is 58.1. The van der Waals surface area contributed by atoms with E-state index in [4.69, 9.17) is 32.3 Å². The number of ether oxygens (including phenoxy) is 3. The Balaban J connectivity index is 4.65. The lowest BCUT2D eigenvalue weighted by Gasteiger charge is -2.21. The number of carbonyl (C=O) groups is 3. The van der Waals surface area contributed by atoms with E-state index in [1.165, 1.54) is 57.8 Å². The molecule has 0 saturated carbocycles. The second-order valence-corrected chi connectivity index (χ2v) is 23.4. The summed E-state index contributed by atoms with van der Waals surface area (Å²) in [5.41, 5.74) is 0. The second-order valence-electron chi connectivity index (χ2n) is 20.5. The summed E-state index contributed by atoms with van der Waals surface area (Å²) in [7, 11) is -9.77. The van der Waals surface area contributed by atoms with E-state index in [2.05, 4.69) is 106 Å². The lowest BCUT2D eigenvalue weighted by atomic mass is 10.1. The minimum atomic E-state index is -4.92. The van der Waals surface area contributed by atoms with Crippen molar-refractivity contribution in [1.29, 1.82) is 0 Å². The first-order valence-corrected chi connectivity index (χ1v) is 33.9. The van der Waals surface area contributed by atoms with Crippen LogP contribution in [0.3, 0.4) is 0 Å². The third-order valence-corrected chi connectivity index (χ3v) is 14.5. The van der Waals surface area contributed by atoms with Crippen LogP contribution in [0.5, 0.6) is 0 Å². The highest BCUT2D eigenvalue weighted by atomic mass is 31.2. The van der Waals surface area contributed by atoms with Crippen molar-refractivity contribution in [2.75, 3.05) is 39.6 Å². The highest BCUT2D eigenvalue weighted by Gasteiger charge is 2.29. The van der Waals surface area contributed by atoms with Crippen molar-refractivity contribution in [3.8, 4) is 0 Å². The normalized spacial score (nSPS) is 15.0. The van der Waals surface area contributed by atoms with Crippen LogP contribution < -0.4 is 0 Å². The fourth-order valence-corrected chi connectivity index (χ4v) is 9.45. The molecule has 0 saturated heterocycles. The van der Waals surface area contributed by atoms with Crippen molar-refractivity contribution < 1.29 is 75.8 Å². The van der Waals surface area contributed by atoms with Gasteiger partial charge in [-0.1, -0.05) is 209 Å². The van der Waals surface area contributed by atoms with Crippen molar-refractivity contribution in [2.45, 2.75) is 257 Å². The summed E-state index contributed by atoms with van der Waals surface area (Å²) in [6, 6.07) is 0. The van der Waals surface area contributed by atoms with Crippen LogP contribution in [-0.4, -0.2) is 95.9 Å². The van der Waals surface area contributed by atoms with E-state index in [0.717, 1.165) is 122 Å². The van der Waals surface area contributed by atoms with Gasteiger partial charge in [-0.2, -0.15) is 0 Å². The maximum Gasteiger partial charge on any atom is 0.472 e. The molecule has 4 N–H and O–H groups in total. The van der Waals surface area contributed by atoms with Gasteiger partial charge in [0.1, 0.15) is 25.4 Å². The van der Waals surface area contributed by atoms with Gasteiger partial charge in [-0.3, -0.25) is 32.5 Å². The molecule has 0 aromatic rings. The molecule has 16 nitrogen and oxygen atoms in total. The molecule has 5 unspecified atom stereocenters. The van der Waals surface area contributed by atoms with Gasteiger partial charge in [-0.05, 0) is 96.3 Å². The Hall–Kier alpha value is -3.27. The van der Waals surface area contributed by atoms with Gasteiger partial charge in [0.15, 0.2) is 6.10 Å². The molecule has 81 heavy (non-hydrogen) atoms. The molecule has 0 aliphatic carbocycles. The largest absolute Gasteiger partial charge is 0.472 e.